The first-order chi connectivity index (χ1) is 12.3. The zero-order valence-corrected chi connectivity index (χ0v) is 17.9. The number of aryl methyl sites for hydroxylation is 1. The summed E-state index contributed by atoms with van der Waals surface area (Å²) < 4.78 is 0. The highest BCUT2D eigenvalue weighted by atomic mass is 35.5. The molecule has 1 unspecified atom stereocenters. The Kier molecular flexibility index (Phi) is 10.8. The van der Waals surface area contributed by atoms with Crippen LogP contribution < -0.4 is 5.32 Å². The van der Waals surface area contributed by atoms with E-state index in [1.54, 1.807) is 18.0 Å². The number of aromatic nitrogens is 1. The minimum Gasteiger partial charge on any atom is -0.332 e. The molecule has 1 amide bonds. The zero-order chi connectivity index (χ0) is 17.5. The van der Waals surface area contributed by atoms with Gasteiger partial charge in [-0.3, -0.25) is 9.78 Å². The number of rotatable bonds is 6. The van der Waals surface area contributed by atoms with E-state index in [0.717, 1.165) is 37.4 Å². The molecule has 148 valence electrons. The Morgan fingerprint density at radius 1 is 1.22 bits per heavy atom. The van der Waals surface area contributed by atoms with Gasteiger partial charge in [-0.25, -0.2) is 0 Å². The van der Waals surface area contributed by atoms with Gasteiger partial charge in [-0.1, -0.05) is 37.3 Å². The lowest BCUT2D eigenvalue weighted by Crippen LogP contribution is -2.49. The quantitative estimate of drug-likeness (QED) is 0.758. The van der Waals surface area contributed by atoms with Crippen molar-refractivity contribution < 1.29 is 4.79 Å². The Balaban J connectivity index is 0.00000182. The molecule has 1 fully saturated rings. The molecule has 2 heterocycles. The Morgan fingerprint density at radius 2 is 2.00 bits per heavy atom. The SMILES string of the molecule is CCc1ccc(C2CNCCN2C(=O)CSCc2cccnc2)cc1.Cl.Cl. The molecule has 27 heavy (non-hydrogen) atoms. The highest BCUT2D eigenvalue weighted by molar-refractivity contribution is 7.99. The number of benzene rings is 1. The topological polar surface area (TPSA) is 45.2 Å². The molecule has 0 saturated carbocycles. The summed E-state index contributed by atoms with van der Waals surface area (Å²) in [6.07, 6.45) is 4.67. The fraction of sp³-hybridized carbons (Fsp3) is 0.400. The molecule has 0 bridgehead atoms. The number of carbonyl (C=O) groups is 1. The van der Waals surface area contributed by atoms with Crippen LogP contribution in [0.3, 0.4) is 0 Å². The van der Waals surface area contributed by atoms with Crippen molar-refractivity contribution in [2.75, 3.05) is 25.4 Å². The van der Waals surface area contributed by atoms with Gasteiger partial charge in [0.2, 0.25) is 5.91 Å². The maximum absolute atomic E-state index is 12.8. The van der Waals surface area contributed by atoms with Crippen LogP contribution in [0.25, 0.3) is 0 Å². The van der Waals surface area contributed by atoms with E-state index in [-0.39, 0.29) is 36.8 Å². The molecule has 1 aromatic heterocycles. The molecule has 0 spiro atoms. The molecule has 2 aromatic rings. The van der Waals surface area contributed by atoms with Crippen molar-refractivity contribution in [3.05, 3.63) is 65.5 Å². The van der Waals surface area contributed by atoms with E-state index in [4.69, 9.17) is 0 Å². The van der Waals surface area contributed by atoms with Crippen molar-refractivity contribution in [2.45, 2.75) is 25.1 Å². The average Bonchev–Trinajstić information content (AvgIpc) is 2.69. The number of nitrogens with zero attached hydrogens (tertiary/aromatic N) is 2. The summed E-state index contributed by atoms with van der Waals surface area (Å²) in [6, 6.07) is 12.8. The van der Waals surface area contributed by atoms with Crippen molar-refractivity contribution in [3.63, 3.8) is 0 Å². The number of carbonyl (C=O) groups excluding carboxylic acids is 1. The van der Waals surface area contributed by atoms with Gasteiger partial charge in [0.05, 0.1) is 11.8 Å². The van der Waals surface area contributed by atoms with Gasteiger partial charge in [-0.15, -0.1) is 36.6 Å². The molecule has 1 atom stereocenters. The zero-order valence-electron chi connectivity index (χ0n) is 15.5. The number of piperazine rings is 1. The molecule has 1 N–H and O–H groups in total. The summed E-state index contributed by atoms with van der Waals surface area (Å²) in [5, 5.41) is 3.42. The summed E-state index contributed by atoms with van der Waals surface area (Å²) >= 11 is 1.66. The van der Waals surface area contributed by atoms with Crippen LogP contribution in [0.15, 0.2) is 48.8 Å². The second-order valence-electron chi connectivity index (χ2n) is 6.26. The van der Waals surface area contributed by atoms with Gasteiger partial charge in [0.1, 0.15) is 0 Å². The van der Waals surface area contributed by atoms with Crippen LogP contribution in [-0.2, 0) is 17.0 Å². The third-order valence-corrected chi connectivity index (χ3v) is 5.54. The van der Waals surface area contributed by atoms with Crippen LogP contribution in [0, 0.1) is 0 Å². The Labute approximate surface area is 178 Å². The van der Waals surface area contributed by atoms with Gasteiger partial charge in [0.25, 0.3) is 0 Å². The third kappa shape index (κ3) is 6.68. The fourth-order valence-electron chi connectivity index (χ4n) is 3.10. The number of halogens is 2. The first-order valence-corrected chi connectivity index (χ1v) is 9.99. The van der Waals surface area contributed by atoms with E-state index in [2.05, 4.69) is 41.5 Å². The number of hydrogen-bond donors (Lipinski definition) is 1. The molecular formula is C20H27Cl2N3OS. The number of hydrogen-bond acceptors (Lipinski definition) is 4. The van der Waals surface area contributed by atoms with Crippen LogP contribution in [-0.4, -0.2) is 41.2 Å². The first kappa shape index (κ1) is 23.8. The van der Waals surface area contributed by atoms with Gasteiger partial charge in [-0.2, -0.15) is 0 Å². The number of nitrogens with one attached hydrogen (secondary N) is 1. The Morgan fingerprint density at radius 3 is 2.67 bits per heavy atom. The van der Waals surface area contributed by atoms with Gasteiger partial charge in [-0.05, 0) is 29.2 Å². The van der Waals surface area contributed by atoms with Gasteiger partial charge >= 0.3 is 0 Å². The van der Waals surface area contributed by atoms with Gasteiger partial charge in [0.15, 0.2) is 0 Å². The van der Waals surface area contributed by atoms with Crippen molar-refractivity contribution in [1.29, 1.82) is 0 Å². The van der Waals surface area contributed by atoms with E-state index < -0.39 is 0 Å². The maximum atomic E-state index is 12.8. The second kappa shape index (κ2) is 12.2. The molecule has 0 aliphatic carbocycles. The van der Waals surface area contributed by atoms with E-state index in [1.807, 2.05) is 23.2 Å². The average molecular weight is 428 g/mol. The lowest BCUT2D eigenvalue weighted by molar-refractivity contribution is -0.131. The molecule has 1 aromatic carbocycles. The van der Waals surface area contributed by atoms with Gasteiger partial charge in [0, 0.05) is 37.8 Å². The first-order valence-electron chi connectivity index (χ1n) is 8.83. The standard InChI is InChI=1S/C20H25N3OS.2ClH/c1-2-16-5-7-18(8-6-16)19-13-22-10-11-23(19)20(24)15-25-14-17-4-3-9-21-12-17;;/h3-9,12,19,22H,2,10-11,13-15H2,1H3;2*1H. The highest BCUT2D eigenvalue weighted by Gasteiger charge is 2.27. The van der Waals surface area contributed by atoms with E-state index >= 15 is 0 Å². The minimum absolute atomic E-state index is 0. The fourth-order valence-corrected chi connectivity index (χ4v) is 3.95. The summed E-state index contributed by atoms with van der Waals surface area (Å²) in [5.74, 6) is 1.56. The number of pyridine rings is 1. The maximum Gasteiger partial charge on any atom is 0.233 e. The Hall–Kier alpha value is -1.27. The molecule has 1 aliphatic rings. The number of amides is 1. The second-order valence-corrected chi connectivity index (χ2v) is 7.24. The van der Waals surface area contributed by atoms with E-state index in [9.17, 15) is 4.79 Å². The van der Waals surface area contributed by atoms with Crippen LogP contribution in [0.1, 0.15) is 29.7 Å². The minimum atomic E-state index is 0. The molecule has 7 heteroatoms. The van der Waals surface area contributed by atoms with Crippen molar-refractivity contribution in [3.8, 4) is 0 Å². The van der Waals surface area contributed by atoms with Gasteiger partial charge < -0.3 is 10.2 Å². The summed E-state index contributed by atoms with van der Waals surface area (Å²) in [4.78, 5) is 18.9. The predicted octanol–water partition coefficient (Wildman–Crippen LogP) is 3.89. The molecular weight excluding hydrogens is 401 g/mol. The smallest absolute Gasteiger partial charge is 0.233 e. The predicted molar refractivity (Wildman–Crippen MR) is 118 cm³/mol. The van der Waals surface area contributed by atoms with E-state index in [1.165, 1.54) is 11.1 Å². The van der Waals surface area contributed by atoms with Crippen LogP contribution in [0.5, 0.6) is 0 Å². The lowest BCUT2D eigenvalue weighted by atomic mass is 10.0. The third-order valence-electron chi connectivity index (χ3n) is 4.55. The summed E-state index contributed by atoms with van der Waals surface area (Å²) in [7, 11) is 0. The van der Waals surface area contributed by atoms with Crippen molar-refractivity contribution in [2.24, 2.45) is 0 Å². The molecule has 1 saturated heterocycles. The molecule has 1 aliphatic heterocycles. The molecule has 0 radical (unpaired) electrons. The summed E-state index contributed by atoms with van der Waals surface area (Å²) in [6.45, 7) is 4.62. The van der Waals surface area contributed by atoms with E-state index in [0.29, 0.717) is 5.75 Å². The highest BCUT2D eigenvalue weighted by Crippen LogP contribution is 2.24. The lowest BCUT2D eigenvalue weighted by Gasteiger charge is -2.36. The van der Waals surface area contributed by atoms with Crippen molar-refractivity contribution in [1.82, 2.24) is 15.2 Å². The van der Waals surface area contributed by atoms with Crippen molar-refractivity contribution >= 4 is 42.5 Å². The monoisotopic (exact) mass is 427 g/mol. The van der Waals surface area contributed by atoms with Crippen LogP contribution >= 0.6 is 36.6 Å². The molecule has 4 nitrogen and oxygen atoms in total. The largest absolute Gasteiger partial charge is 0.332 e. The Bertz CT molecular complexity index is 685. The summed E-state index contributed by atoms with van der Waals surface area (Å²) in [5.41, 5.74) is 3.71. The normalized spacial score (nSPS) is 16.2. The molecule has 3 rings (SSSR count). The number of thioether (sulfide) groups is 1. The van der Waals surface area contributed by atoms with Crippen LogP contribution in [0.2, 0.25) is 0 Å². The van der Waals surface area contributed by atoms with Crippen LogP contribution in [0.4, 0.5) is 0 Å².